The summed E-state index contributed by atoms with van der Waals surface area (Å²) in [7, 11) is -2.96. The Hall–Kier alpha value is -3.59. The molecule has 0 unspecified atom stereocenters. The van der Waals surface area contributed by atoms with Gasteiger partial charge in [-0.05, 0) is 42.3 Å². The first-order chi connectivity index (χ1) is 15.3. The van der Waals surface area contributed by atoms with Crippen molar-refractivity contribution >= 4 is 21.3 Å². The number of ketones is 1. The summed E-state index contributed by atoms with van der Waals surface area (Å²) in [5.41, 5.74) is 2.06. The molecule has 0 radical (unpaired) electrons. The number of carbonyl (C=O) groups excluding carboxylic acids is 1. The molecule has 164 valence electrons. The van der Waals surface area contributed by atoms with Gasteiger partial charge >= 0.3 is 0 Å². The highest BCUT2D eigenvalue weighted by Gasteiger charge is 2.24. The number of fused-ring (bicyclic) bond motifs is 1. The summed E-state index contributed by atoms with van der Waals surface area (Å²) >= 11 is 0. The van der Waals surface area contributed by atoms with Crippen LogP contribution in [-0.4, -0.2) is 30.7 Å². The minimum atomic E-state index is -4.13. The van der Waals surface area contributed by atoms with Gasteiger partial charge in [-0.15, -0.1) is 0 Å². The Morgan fingerprint density at radius 3 is 2.50 bits per heavy atom. The van der Waals surface area contributed by atoms with Crippen molar-refractivity contribution < 1.29 is 26.7 Å². The number of Topliss-reactive ketones (excluding diaryl/α,β-unsaturated/α-hetero) is 1. The van der Waals surface area contributed by atoms with Crippen molar-refractivity contribution in [2.75, 3.05) is 7.11 Å². The lowest BCUT2D eigenvalue weighted by molar-refractivity contribution is 0.0982. The van der Waals surface area contributed by atoms with Crippen molar-refractivity contribution in [3.63, 3.8) is 0 Å². The first-order valence-corrected chi connectivity index (χ1v) is 11.1. The van der Waals surface area contributed by atoms with Gasteiger partial charge in [0.1, 0.15) is 16.3 Å². The Morgan fingerprint density at radius 2 is 1.78 bits per heavy atom. The average Bonchev–Trinajstić information content (AvgIpc) is 3.27. The van der Waals surface area contributed by atoms with Gasteiger partial charge in [-0.25, -0.2) is 22.2 Å². The van der Waals surface area contributed by atoms with E-state index in [1.807, 2.05) is 0 Å². The number of hydrogen-bond acceptors (Lipinski definition) is 5. The van der Waals surface area contributed by atoms with E-state index in [0.29, 0.717) is 24.1 Å². The third-order valence-corrected chi connectivity index (χ3v) is 6.87. The van der Waals surface area contributed by atoms with Crippen LogP contribution in [0.25, 0.3) is 5.65 Å². The number of methoxy groups -OCH3 is 1. The zero-order valence-electron chi connectivity index (χ0n) is 17.0. The number of aromatic nitrogens is 2. The molecule has 0 N–H and O–H groups in total. The number of aryl methyl sites for hydroxylation is 1. The Kier molecular flexibility index (Phi) is 5.75. The predicted molar refractivity (Wildman–Crippen MR) is 113 cm³/mol. The summed E-state index contributed by atoms with van der Waals surface area (Å²) in [5.74, 6) is -2.82. The number of benzene rings is 2. The van der Waals surface area contributed by atoms with Crippen molar-refractivity contribution in [2.45, 2.75) is 22.6 Å². The summed E-state index contributed by atoms with van der Waals surface area (Å²) in [6, 6.07) is 10.7. The van der Waals surface area contributed by atoms with E-state index in [9.17, 15) is 22.0 Å². The molecule has 0 aliphatic carbocycles. The van der Waals surface area contributed by atoms with E-state index in [1.165, 1.54) is 19.2 Å². The highest BCUT2D eigenvalue weighted by Crippen LogP contribution is 2.31. The Labute approximate surface area is 183 Å². The van der Waals surface area contributed by atoms with Gasteiger partial charge in [-0.3, -0.25) is 4.79 Å². The maximum Gasteiger partial charge on any atom is 0.210 e. The van der Waals surface area contributed by atoms with Crippen molar-refractivity contribution in [1.29, 1.82) is 0 Å². The van der Waals surface area contributed by atoms with Crippen LogP contribution in [0.1, 0.15) is 22.3 Å². The minimum absolute atomic E-state index is 0.0520. The molecule has 0 fully saturated rings. The summed E-state index contributed by atoms with van der Waals surface area (Å²) in [6.07, 6.45) is 5.77. The molecule has 32 heavy (non-hydrogen) atoms. The molecule has 9 heteroatoms. The predicted octanol–water partition coefficient (Wildman–Crippen LogP) is 4.27. The molecule has 0 amide bonds. The molecule has 6 nitrogen and oxygen atoms in total. The number of rotatable bonds is 7. The quantitative estimate of drug-likeness (QED) is 0.307. The largest absolute Gasteiger partial charge is 0.495 e. The fourth-order valence-electron chi connectivity index (χ4n) is 3.33. The van der Waals surface area contributed by atoms with Crippen LogP contribution >= 0.6 is 0 Å². The molecule has 0 bridgehead atoms. The van der Waals surface area contributed by atoms with Crippen LogP contribution in [0.15, 0.2) is 76.9 Å². The number of hydrogen-bond donors (Lipinski definition) is 0. The third-order valence-electron chi connectivity index (χ3n) is 5.08. The zero-order valence-corrected chi connectivity index (χ0v) is 17.8. The molecule has 0 aliphatic heterocycles. The van der Waals surface area contributed by atoms with Crippen LogP contribution in [0, 0.1) is 11.6 Å². The highest BCUT2D eigenvalue weighted by atomic mass is 32.2. The van der Waals surface area contributed by atoms with Crippen molar-refractivity contribution in [1.82, 2.24) is 9.38 Å². The van der Waals surface area contributed by atoms with Gasteiger partial charge in [0.05, 0.1) is 12.0 Å². The standard InChI is InChI=1S/C23H18F2N2O4S/c1-31-21-12-18(24)19(25)13-22(21)32(29,30)17-6-2-15(3-7-17)4-8-20(28)16-5-9-23-26-10-11-27(23)14-16/h2-3,5-7,9-14H,4,8H2,1H3. The fourth-order valence-corrected chi connectivity index (χ4v) is 4.74. The van der Waals surface area contributed by atoms with Gasteiger partial charge in [-0.2, -0.15) is 0 Å². The number of sulfone groups is 1. The molecule has 2 aromatic carbocycles. The highest BCUT2D eigenvalue weighted by molar-refractivity contribution is 7.91. The Balaban J connectivity index is 1.50. The summed E-state index contributed by atoms with van der Waals surface area (Å²) in [4.78, 5) is 16.1. The van der Waals surface area contributed by atoms with Crippen LogP contribution in [-0.2, 0) is 16.3 Å². The molecule has 2 heterocycles. The molecular weight excluding hydrogens is 438 g/mol. The number of ether oxygens (including phenoxy) is 1. The first kappa shape index (κ1) is 21.6. The monoisotopic (exact) mass is 456 g/mol. The van der Waals surface area contributed by atoms with Crippen LogP contribution in [0.3, 0.4) is 0 Å². The van der Waals surface area contributed by atoms with E-state index < -0.39 is 26.4 Å². The van der Waals surface area contributed by atoms with Gasteiger partial charge in [-0.1, -0.05) is 12.1 Å². The molecular formula is C23H18F2N2O4S. The summed E-state index contributed by atoms with van der Waals surface area (Å²) < 4.78 is 59.6. The maximum atomic E-state index is 13.7. The minimum Gasteiger partial charge on any atom is -0.495 e. The average molecular weight is 456 g/mol. The zero-order chi connectivity index (χ0) is 22.9. The van der Waals surface area contributed by atoms with Gasteiger partial charge < -0.3 is 9.14 Å². The fraction of sp³-hybridized carbons (Fsp3) is 0.130. The number of carbonyl (C=O) groups is 1. The smallest absolute Gasteiger partial charge is 0.210 e. The SMILES string of the molecule is COc1cc(F)c(F)cc1S(=O)(=O)c1ccc(CCC(=O)c2ccc3nccn3c2)cc1. The number of nitrogens with zero attached hydrogens (tertiary/aromatic N) is 2. The van der Waals surface area contributed by atoms with Crippen molar-refractivity contribution in [2.24, 2.45) is 0 Å². The van der Waals surface area contributed by atoms with E-state index in [4.69, 9.17) is 4.74 Å². The van der Waals surface area contributed by atoms with Crippen molar-refractivity contribution in [3.8, 4) is 5.75 Å². The Morgan fingerprint density at radius 1 is 1.06 bits per heavy atom. The van der Waals surface area contributed by atoms with Gasteiger partial charge in [0.15, 0.2) is 17.4 Å². The van der Waals surface area contributed by atoms with E-state index >= 15 is 0 Å². The van der Waals surface area contributed by atoms with Crippen LogP contribution < -0.4 is 4.74 Å². The molecule has 0 saturated heterocycles. The van der Waals surface area contributed by atoms with Gasteiger partial charge in [0, 0.05) is 36.6 Å². The van der Waals surface area contributed by atoms with E-state index in [2.05, 4.69) is 4.98 Å². The lowest BCUT2D eigenvalue weighted by Gasteiger charge is -2.11. The second kappa shape index (κ2) is 8.51. The molecule has 0 aliphatic rings. The number of imidazole rings is 1. The normalized spacial score (nSPS) is 11.6. The van der Waals surface area contributed by atoms with Crippen LogP contribution in [0.5, 0.6) is 5.75 Å². The maximum absolute atomic E-state index is 13.7. The topological polar surface area (TPSA) is 77.7 Å². The van der Waals surface area contributed by atoms with E-state index in [-0.39, 0.29) is 22.8 Å². The molecule has 0 atom stereocenters. The molecule has 2 aromatic heterocycles. The van der Waals surface area contributed by atoms with Crippen molar-refractivity contribution in [3.05, 3.63) is 89.9 Å². The van der Waals surface area contributed by atoms with E-state index in [0.717, 1.165) is 11.2 Å². The molecule has 0 saturated carbocycles. The Bertz CT molecular complexity index is 1410. The summed E-state index contributed by atoms with van der Waals surface area (Å²) in [6.45, 7) is 0. The molecule has 4 aromatic rings. The summed E-state index contributed by atoms with van der Waals surface area (Å²) in [5, 5.41) is 0. The van der Waals surface area contributed by atoms with Crippen LogP contribution in [0.4, 0.5) is 8.78 Å². The van der Waals surface area contributed by atoms with Gasteiger partial charge in [0.25, 0.3) is 0 Å². The third kappa shape index (κ3) is 4.11. The number of pyridine rings is 1. The second-order valence-electron chi connectivity index (χ2n) is 7.10. The van der Waals surface area contributed by atoms with Gasteiger partial charge in [0.2, 0.25) is 9.84 Å². The lowest BCUT2D eigenvalue weighted by atomic mass is 10.0. The molecule has 4 rings (SSSR count). The van der Waals surface area contributed by atoms with E-state index in [1.54, 1.807) is 47.3 Å². The second-order valence-corrected chi connectivity index (χ2v) is 9.02. The number of halogens is 2. The van der Waals surface area contributed by atoms with Crippen LogP contribution in [0.2, 0.25) is 0 Å². The first-order valence-electron chi connectivity index (χ1n) is 9.62. The lowest BCUT2D eigenvalue weighted by Crippen LogP contribution is -2.06. The molecule has 0 spiro atoms.